The fraction of sp³-hybridized carbons (Fsp3) is 0.158. The van der Waals surface area contributed by atoms with Gasteiger partial charge in [-0.2, -0.15) is 0 Å². The predicted molar refractivity (Wildman–Crippen MR) is 106 cm³/mol. The summed E-state index contributed by atoms with van der Waals surface area (Å²) < 4.78 is 3.50. The van der Waals surface area contributed by atoms with Gasteiger partial charge in [0.15, 0.2) is 5.16 Å². The molecular formula is C19H16N6OS. The molecule has 0 radical (unpaired) electrons. The van der Waals surface area contributed by atoms with Crippen molar-refractivity contribution in [3.05, 3.63) is 64.2 Å². The minimum atomic E-state index is -0.0647. The van der Waals surface area contributed by atoms with Crippen LogP contribution < -0.4 is 5.56 Å². The van der Waals surface area contributed by atoms with Crippen LogP contribution in [0.15, 0.2) is 52.4 Å². The molecule has 0 fully saturated rings. The number of nitrogens with one attached hydrogen (secondary N) is 1. The molecule has 1 N–H and O–H groups in total. The lowest BCUT2D eigenvalue weighted by Gasteiger charge is -2.08. The molecule has 2 aromatic carbocycles. The van der Waals surface area contributed by atoms with E-state index in [0.29, 0.717) is 16.9 Å². The first kappa shape index (κ1) is 16.1. The topological polar surface area (TPSA) is 80.9 Å². The first-order valence-corrected chi connectivity index (χ1v) is 9.51. The van der Waals surface area contributed by atoms with Gasteiger partial charge in [-0.25, -0.2) is 4.98 Å². The average molecular weight is 376 g/mol. The zero-order valence-electron chi connectivity index (χ0n) is 14.8. The maximum atomic E-state index is 12.6. The number of aromatic nitrogens is 6. The summed E-state index contributed by atoms with van der Waals surface area (Å²) in [5, 5.41) is 10.1. The Kier molecular flexibility index (Phi) is 3.54. The molecule has 134 valence electrons. The van der Waals surface area contributed by atoms with Gasteiger partial charge < -0.3 is 4.98 Å². The summed E-state index contributed by atoms with van der Waals surface area (Å²) in [6.07, 6.45) is 0. The summed E-state index contributed by atoms with van der Waals surface area (Å²) in [5.41, 5.74) is 3.75. The van der Waals surface area contributed by atoms with Crippen molar-refractivity contribution in [1.29, 1.82) is 0 Å². The van der Waals surface area contributed by atoms with E-state index in [-0.39, 0.29) is 5.56 Å². The SMILES string of the molecule is Cc1ccc2c(c1)c(=O)n(C)c1nnc(CSc3nc4ccccc4[nH]3)n21. The number of benzene rings is 2. The quantitative estimate of drug-likeness (QED) is 0.490. The molecule has 27 heavy (non-hydrogen) atoms. The molecule has 0 aliphatic heterocycles. The highest BCUT2D eigenvalue weighted by molar-refractivity contribution is 7.98. The third-order valence-corrected chi connectivity index (χ3v) is 5.52. The van der Waals surface area contributed by atoms with Crippen LogP contribution in [0.2, 0.25) is 0 Å². The Morgan fingerprint density at radius 2 is 2.00 bits per heavy atom. The van der Waals surface area contributed by atoms with E-state index in [0.717, 1.165) is 33.1 Å². The second kappa shape index (κ2) is 5.95. The van der Waals surface area contributed by atoms with Crippen LogP contribution in [0.5, 0.6) is 0 Å². The molecule has 5 rings (SSSR count). The van der Waals surface area contributed by atoms with Gasteiger partial charge >= 0.3 is 0 Å². The largest absolute Gasteiger partial charge is 0.333 e. The summed E-state index contributed by atoms with van der Waals surface area (Å²) in [4.78, 5) is 20.5. The van der Waals surface area contributed by atoms with E-state index in [1.54, 1.807) is 23.4 Å². The number of aromatic amines is 1. The highest BCUT2D eigenvalue weighted by Crippen LogP contribution is 2.24. The summed E-state index contributed by atoms with van der Waals surface area (Å²) in [6, 6.07) is 13.8. The number of para-hydroxylation sites is 2. The van der Waals surface area contributed by atoms with E-state index in [2.05, 4.69) is 20.2 Å². The lowest BCUT2D eigenvalue weighted by atomic mass is 10.1. The normalized spacial score (nSPS) is 11.8. The van der Waals surface area contributed by atoms with Gasteiger partial charge in [0, 0.05) is 7.05 Å². The first-order valence-electron chi connectivity index (χ1n) is 8.53. The van der Waals surface area contributed by atoms with Gasteiger partial charge in [0.25, 0.3) is 5.56 Å². The van der Waals surface area contributed by atoms with Crippen LogP contribution >= 0.6 is 11.8 Å². The van der Waals surface area contributed by atoms with E-state index in [1.165, 1.54) is 0 Å². The number of imidazole rings is 1. The Morgan fingerprint density at radius 1 is 1.15 bits per heavy atom. The molecule has 8 heteroatoms. The fourth-order valence-corrected chi connectivity index (χ4v) is 4.08. The third-order valence-electron chi connectivity index (χ3n) is 4.65. The molecule has 0 bridgehead atoms. The molecule has 0 atom stereocenters. The van der Waals surface area contributed by atoms with Crippen molar-refractivity contribution in [1.82, 2.24) is 29.1 Å². The molecule has 0 aliphatic carbocycles. The van der Waals surface area contributed by atoms with Gasteiger partial charge in [0.2, 0.25) is 5.78 Å². The molecule has 5 aromatic rings. The number of hydrogen-bond donors (Lipinski definition) is 1. The van der Waals surface area contributed by atoms with Gasteiger partial charge in [-0.3, -0.25) is 13.8 Å². The van der Waals surface area contributed by atoms with Crippen LogP contribution in [0.3, 0.4) is 0 Å². The first-order chi connectivity index (χ1) is 13.1. The van der Waals surface area contributed by atoms with E-state index in [1.807, 2.05) is 53.8 Å². The van der Waals surface area contributed by atoms with Gasteiger partial charge in [0.05, 0.1) is 27.7 Å². The Morgan fingerprint density at radius 3 is 2.85 bits per heavy atom. The third kappa shape index (κ3) is 2.52. The van der Waals surface area contributed by atoms with E-state index in [9.17, 15) is 4.79 Å². The van der Waals surface area contributed by atoms with Gasteiger partial charge in [-0.05, 0) is 31.2 Å². The zero-order chi connectivity index (χ0) is 18.5. The Hall–Kier alpha value is -3.13. The molecule has 0 saturated carbocycles. The average Bonchev–Trinajstić information content (AvgIpc) is 3.28. The van der Waals surface area contributed by atoms with Crippen molar-refractivity contribution in [2.75, 3.05) is 0 Å². The van der Waals surface area contributed by atoms with Crippen molar-refractivity contribution in [3.8, 4) is 0 Å². The van der Waals surface area contributed by atoms with Crippen LogP contribution in [-0.2, 0) is 12.8 Å². The number of hydrogen-bond acceptors (Lipinski definition) is 5. The van der Waals surface area contributed by atoms with Crippen LogP contribution in [0.1, 0.15) is 11.4 Å². The molecule has 0 spiro atoms. The van der Waals surface area contributed by atoms with Crippen molar-refractivity contribution in [2.24, 2.45) is 7.05 Å². The molecule has 0 amide bonds. The van der Waals surface area contributed by atoms with E-state index >= 15 is 0 Å². The van der Waals surface area contributed by atoms with E-state index < -0.39 is 0 Å². The van der Waals surface area contributed by atoms with Crippen LogP contribution in [0, 0.1) is 6.92 Å². The zero-order valence-corrected chi connectivity index (χ0v) is 15.6. The molecule has 3 heterocycles. The molecular weight excluding hydrogens is 360 g/mol. The molecule has 0 unspecified atom stereocenters. The summed E-state index contributed by atoms with van der Waals surface area (Å²) >= 11 is 1.56. The second-order valence-corrected chi connectivity index (χ2v) is 7.45. The molecule has 7 nitrogen and oxygen atoms in total. The number of rotatable bonds is 3. The fourth-order valence-electron chi connectivity index (χ4n) is 3.28. The van der Waals surface area contributed by atoms with E-state index in [4.69, 9.17) is 0 Å². The maximum absolute atomic E-state index is 12.6. The van der Waals surface area contributed by atoms with Gasteiger partial charge in [0.1, 0.15) is 5.82 Å². The van der Waals surface area contributed by atoms with Gasteiger partial charge in [-0.1, -0.05) is 35.5 Å². The van der Waals surface area contributed by atoms with Crippen molar-refractivity contribution < 1.29 is 0 Å². The maximum Gasteiger partial charge on any atom is 0.262 e. The van der Waals surface area contributed by atoms with Gasteiger partial charge in [-0.15, -0.1) is 10.2 Å². The number of H-pyrrole nitrogens is 1. The van der Waals surface area contributed by atoms with Crippen LogP contribution in [0.25, 0.3) is 27.7 Å². The molecule has 3 aromatic heterocycles. The lowest BCUT2D eigenvalue weighted by molar-refractivity contribution is 0.857. The van der Waals surface area contributed by atoms with Crippen LogP contribution in [-0.4, -0.2) is 29.1 Å². The number of fused-ring (bicyclic) bond motifs is 4. The Labute approximate surface area is 158 Å². The summed E-state index contributed by atoms with van der Waals surface area (Å²) in [6.45, 7) is 1.98. The van der Waals surface area contributed by atoms with Crippen molar-refractivity contribution in [2.45, 2.75) is 17.8 Å². The summed E-state index contributed by atoms with van der Waals surface area (Å²) in [5.74, 6) is 1.90. The Balaban J connectivity index is 1.61. The smallest absolute Gasteiger partial charge is 0.262 e. The minimum absolute atomic E-state index is 0.0647. The van der Waals surface area contributed by atoms with Crippen LogP contribution in [0.4, 0.5) is 0 Å². The second-order valence-electron chi connectivity index (χ2n) is 6.48. The number of nitrogens with zero attached hydrogens (tertiary/aromatic N) is 5. The minimum Gasteiger partial charge on any atom is -0.333 e. The Bertz CT molecular complexity index is 1350. The lowest BCUT2D eigenvalue weighted by Crippen LogP contribution is -2.20. The molecule has 0 saturated heterocycles. The monoisotopic (exact) mass is 376 g/mol. The van der Waals surface area contributed by atoms with Crippen molar-refractivity contribution >= 4 is 39.5 Å². The standard InChI is InChI=1S/C19H16N6OS/c1-11-7-8-15-12(9-11)17(26)24(2)19-23-22-16(25(15)19)10-27-18-20-13-5-3-4-6-14(13)21-18/h3-9H,10H2,1-2H3,(H,20,21). The summed E-state index contributed by atoms with van der Waals surface area (Å²) in [7, 11) is 1.73. The molecule has 0 aliphatic rings. The number of thioether (sulfide) groups is 1. The van der Waals surface area contributed by atoms with Crippen molar-refractivity contribution in [3.63, 3.8) is 0 Å². The number of aryl methyl sites for hydroxylation is 2. The predicted octanol–water partition coefficient (Wildman–Crippen LogP) is 3.06. The highest BCUT2D eigenvalue weighted by Gasteiger charge is 2.15. The highest BCUT2D eigenvalue weighted by atomic mass is 32.2.